The van der Waals surface area contributed by atoms with Crippen molar-refractivity contribution in [2.45, 2.75) is 26.2 Å². The SMILES string of the molecule is CC(C)C[C@@H](C(=O)NCN)c1cccc(-c2ccc(N3CCN(c4ccccn4)CC3)cc2)c1. The van der Waals surface area contributed by atoms with E-state index in [1.165, 1.54) is 5.69 Å². The Bertz CT molecular complexity index is 1060. The molecule has 0 radical (unpaired) electrons. The molecule has 6 heteroatoms. The number of nitrogens with zero attached hydrogens (tertiary/aromatic N) is 3. The molecule has 0 spiro atoms. The average molecular weight is 458 g/mol. The minimum atomic E-state index is -0.196. The van der Waals surface area contributed by atoms with Crippen LogP contribution in [-0.4, -0.2) is 43.7 Å². The van der Waals surface area contributed by atoms with Crippen molar-refractivity contribution in [1.29, 1.82) is 0 Å². The second-order valence-corrected chi connectivity index (χ2v) is 9.26. The Morgan fingerprint density at radius 1 is 0.941 bits per heavy atom. The summed E-state index contributed by atoms with van der Waals surface area (Å²) in [6, 6.07) is 23.2. The lowest BCUT2D eigenvalue weighted by atomic mass is 9.88. The zero-order chi connectivity index (χ0) is 23.9. The summed E-state index contributed by atoms with van der Waals surface area (Å²) in [6.07, 6.45) is 2.64. The standard InChI is InChI=1S/C28H35N5O/c1-21(2)18-26(28(34)31-20-29)24-7-5-6-23(19-24)22-9-11-25(12-10-22)32-14-16-33(17-15-32)27-8-3-4-13-30-27/h3-13,19,21,26H,14-18,20,29H2,1-2H3,(H,31,34)/t26-/m1/s1. The molecule has 2 aromatic carbocycles. The molecule has 1 aliphatic heterocycles. The number of benzene rings is 2. The van der Waals surface area contributed by atoms with Crippen molar-refractivity contribution in [3.63, 3.8) is 0 Å². The van der Waals surface area contributed by atoms with Crippen LogP contribution in [0.25, 0.3) is 11.1 Å². The van der Waals surface area contributed by atoms with Crippen LogP contribution in [-0.2, 0) is 4.79 Å². The summed E-state index contributed by atoms with van der Waals surface area (Å²) in [6.45, 7) is 8.30. The van der Waals surface area contributed by atoms with Crippen LogP contribution in [0.15, 0.2) is 72.9 Å². The van der Waals surface area contributed by atoms with Crippen LogP contribution in [0.4, 0.5) is 11.5 Å². The topological polar surface area (TPSA) is 74.5 Å². The van der Waals surface area contributed by atoms with E-state index in [0.29, 0.717) is 5.92 Å². The summed E-state index contributed by atoms with van der Waals surface area (Å²) in [7, 11) is 0. The molecule has 3 N–H and O–H groups in total. The van der Waals surface area contributed by atoms with E-state index in [-0.39, 0.29) is 18.5 Å². The number of pyridine rings is 1. The van der Waals surface area contributed by atoms with E-state index in [4.69, 9.17) is 5.73 Å². The third-order valence-electron chi connectivity index (χ3n) is 6.41. The van der Waals surface area contributed by atoms with E-state index in [1.807, 2.05) is 30.5 Å². The number of anilines is 2. The van der Waals surface area contributed by atoms with Crippen LogP contribution in [0.5, 0.6) is 0 Å². The fourth-order valence-corrected chi connectivity index (χ4v) is 4.62. The van der Waals surface area contributed by atoms with E-state index in [2.05, 4.69) is 76.4 Å². The molecule has 1 aromatic heterocycles. The smallest absolute Gasteiger partial charge is 0.228 e. The van der Waals surface area contributed by atoms with Crippen LogP contribution in [0.3, 0.4) is 0 Å². The van der Waals surface area contributed by atoms with Gasteiger partial charge in [0.05, 0.1) is 12.6 Å². The van der Waals surface area contributed by atoms with Crippen LogP contribution in [0, 0.1) is 5.92 Å². The van der Waals surface area contributed by atoms with Crippen molar-refractivity contribution < 1.29 is 4.79 Å². The third-order valence-corrected chi connectivity index (χ3v) is 6.41. The van der Waals surface area contributed by atoms with Gasteiger partial charge in [-0.3, -0.25) is 4.79 Å². The Kier molecular flexibility index (Phi) is 7.80. The van der Waals surface area contributed by atoms with Gasteiger partial charge in [-0.1, -0.05) is 56.3 Å². The summed E-state index contributed by atoms with van der Waals surface area (Å²) in [5, 5.41) is 2.79. The van der Waals surface area contributed by atoms with Gasteiger partial charge in [0, 0.05) is 38.1 Å². The molecule has 1 aliphatic rings. The highest BCUT2D eigenvalue weighted by Crippen LogP contribution is 2.30. The Morgan fingerprint density at radius 3 is 2.32 bits per heavy atom. The average Bonchev–Trinajstić information content (AvgIpc) is 2.88. The van der Waals surface area contributed by atoms with E-state index in [1.54, 1.807) is 0 Å². The lowest BCUT2D eigenvalue weighted by Crippen LogP contribution is -2.46. The number of nitrogens with one attached hydrogen (secondary N) is 1. The van der Waals surface area contributed by atoms with E-state index in [0.717, 1.165) is 55.1 Å². The molecule has 0 aliphatic carbocycles. The number of aromatic nitrogens is 1. The molecule has 34 heavy (non-hydrogen) atoms. The molecule has 4 rings (SSSR count). The summed E-state index contributed by atoms with van der Waals surface area (Å²) in [5.41, 5.74) is 10.1. The number of piperazine rings is 1. The molecule has 1 saturated heterocycles. The molecule has 178 valence electrons. The van der Waals surface area contributed by atoms with Crippen molar-refractivity contribution in [3.05, 3.63) is 78.5 Å². The maximum atomic E-state index is 12.7. The van der Waals surface area contributed by atoms with Gasteiger partial charge in [0.15, 0.2) is 0 Å². The number of hydrogen-bond donors (Lipinski definition) is 2. The van der Waals surface area contributed by atoms with Crippen molar-refractivity contribution in [1.82, 2.24) is 10.3 Å². The molecule has 3 aromatic rings. The van der Waals surface area contributed by atoms with E-state index < -0.39 is 0 Å². The Balaban J connectivity index is 1.45. The minimum Gasteiger partial charge on any atom is -0.368 e. The van der Waals surface area contributed by atoms with Crippen LogP contribution in [0.2, 0.25) is 0 Å². The second kappa shape index (κ2) is 11.2. The quantitative estimate of drug-likeness (QED) is 0.495. The lowest BCUT2D eigenvalue weighted by Gasteiger charge is -2.36. The van der Waals surface area contributed by atoms with Gasteiger partial charge in [-0.2, -0.15) is 0 Å². The highest BCUT2D eigenvalue weighted by molar-refractivity contribution is 5.84. The lowest BCUT2D eigenvalue weighted by molar-refractivity contribution is -0.122. The summed E-state index contributed by atoms with van der Waals surface area (Å²) < 4.78 is 0. The number of carbonyl (C=O) groups excluding carboxylic acids is 1. The highest BCUT2D eigenvalue weighted by Gasteiger charge is 2.22. The maximum Gasteiger partial charge on any atom is 0.228 e. The van der Waals surface area contributed by atoms with Gasteiger partial charge in [0.25, 0.3) is 0 Å². The molecule has 1 atom stereocenters. The second-order valence-electron chi connectivity index (χ2n) is 9.26. The van der Waals surface area contributed by atoms with E-state index >= 15 is 0 Å². The fourth-order valence-electron chi connectivity index (χ4n) is 4.62. The van der Waals surface area contributed by atoms with Crippen molar-refractivity contribution >= 4 is 17.4 Å². The number of amides is 1. The highest BCUT2D eigenvalue weighted by atomic mass is 16.1. The first-order chi connectivity index (χ1) is 16.5. The predicted octanol–water partition coefficient (Wildman–Crippen LogP) is 4.24. The first kappa shape index (κ1) is 23.8. The zero-order valence-corrected chi connectivity index (χ0v) is 20.2. The number of nitrogens with two attached hydrogens (primary N) is 1. The van der Waals surface area contributed by atoms with Gasteiger partial charge < -0.3 is 20.9 Å². The molecular weight excluding hydrogens is 422 g/mol. The Morgan fingerprint density at radius 2 is 1.68 bits per heavy atom. The molecule has 0 bridgehead atoms. The van der Waals surface area contributed by atoms with Gasteiger partial charge in [-0.05, 0) is 53.3 Å². The fraction of sp³-hybridized carbons (Fsp3) is 0.357. The third kappa shape index (κ3) is 5.75. The normalized spacial score (nSPS) is 14.8. The monoisotopic (exact) mass is 457 g/mol. The minimum absolute atomic E-state index is 0.00598. The van der Waals surface area contributed by atoms with E-state index in [9.17, 15) is 4.79 Å². The summed E-state index contributed by atoms with van der Waals surface area (Å²) in [4.78, 5) is 21.9. The van der Waals surface area contributed by atoms with Crippen LogP contribution >= 0.6 is 0 Å². The van der Waals surface area contributed by atoms with Gasteiger partial charge in [0.1, 0.15) is 5.82 Å². The maximum absolute atomic E-state index is 12.7. The molecule has 6 nitrogen and oxygen atoms in total. The molecule has 0 unspecified atom stereocenters. The first-order valence-electron chi connectivity index (χ1n) is 12.1. The number of hydrogen-bond acceptors (Lipinski definition) is 5. The number of rotatable bonds is 8. The van der Waals surface area contributed by atoms with Crippen LogP contribution in [0.1, 0.15) is 31.7 Å². The molecular formula is C28H35N5O. The summed E-state index contributed by atoms with van der Waals surface area (Å²) >= 11 is 0. The zero-order valence-electron chi connectivity index (χ0n) is 20.2. The first-order valence-corrected chi connectivity index (χ1v) is 12.1. The number of carbonyl (C=O) groups is 1. The van der Waals surface area contributed by atoms with Crippen molar-refractivity contribution in [2.24, 2.45) is 11.7 Å². The van der Waals surface area contributed by atoms with Crippen molar-refractivity contribution in [2.75, 3.05) is 42.6 Å². The molecule has 1 amide bonds. The Hall–Kier alpha value is -3.38. The van der Waals surface area contributed by atoms with Crippen LogP contribution < -0.4 is 20.9 Å². The largest absolute Gasteiger partial charge is 0.368 e. The van der Waals surface area contributed by atoms with Gasteiger partial charge in [-0.15, -0.1) is 0 Å². The predicted molar refractivity (Wildman–Crippen MR) is 140 cm³/mol. The molecule has 2 heterocycles. The molecule has 1 fully saturated rings. The van der Waals surface area contributed by atoms with Gasteiger partial charge in [0.2, 0.25) is 5.91 Å². The van der Waals surface area contributed by atoms with Gasteiger partial charge >= 0.3 is 0 Å². The van der Waals surface area contributed by atoms with Gasteiger partial charge in [-0.25, -0.2) is 4.98 Å². The molecule has 0 saturated carbocycles. The van der Waals surface area contributed by atoms with Crippen molar-refractivity contribution in [3.8, 4) is 11.1 Å². The summed E-state index contributed by atoms with van der Waals surface area (Å²) in [5.74, 6) is 1.26. The Labute approximate surface area is 202 Å².